The molecule has 1 amide bonds. The van der Waals surface area contributed by atoms with Gasteiger partial charge in [0.25, 0.3) is 5.91 Å². The van der Waals surface area contributed by atoms with Gasteiger partial charge < -0.3 is 4.90 Å². The van der Waals surface area contributed by atoms with Gasteiger partial charge in [0.1, 0.15) is 18.0 Å². The van der Waals surface area contributed by atoms with Gasteiger partial charge in [0.05, 0.1) is 6.04 Å². The van der Waals surface area contributed by atoms with Crippen molar-refractivity contribution in [2.75, 3.05) is 6.67 Å². The summed E-state index contributed by atoms with van der Waals surface area (Å²) in [5.74, 6) is 1.18. The van der Waals surface area contributed by atoms with Crippen molar-refractivity contribution in [2.45, 2.75) is 85.4 Å². The van der Waals surface area contributed by atoms with E-state index < -0.39 is 12.3 Å². The second-order valence-corrected chi connectivity index (χ2v) is 8.31. The summed E-state index contributed by atoms with van der Waals surface area (Å²) in [7, 11) is 0. The predicted octanol–water partition coefficient (Wildman–Crippen LogP) is 6.83. The van der Waals surface area contributed by atoms with E-state index in [1.54, 1.807) is 6.08 Å². The van der Waals surface area contributed by atoms with Crippen molar-refractivity contribution >= 4 is 11.6 Å². The van der Waals surface area contributed by atoms with Gasteiger partial charge in [-0.2, -0.15) is 0 Å². The average molecular weight is 417 g/mol. The molecule has 1 atom stereocenters. The topological polar surface area (TPSA) is 32.7 Å². The zero-order valence-corrected chi connectivity index (χ0v) is 19.9. The molecule has 0 aromatic heterocycles. The molecule has 1 saturated carbocycles. The van der Waals surface area contributed by atoms with Crippen LogP contribution < -0.4 is 0 Å². The smallest absolute Gasteiger partial charge is 0.274 e. The number of carbonyl (C=O) groups is 1. The molecule has 0 saturated heterocycles. The predicted molar refractivity (Wildman–Crippen MR) is 127 cm³/mol. The molecule has 0 unspecified atom stereocenters. The molecule has 0 aromatic carbocycles. The van der Waals surface area contributed by atoms with Crippen LogP contribution in [-0.4, -0.2) is 34.9 Å². The molecule has 168 valence electrons. The number of rotatable bonds is 8. The van der Waals surface area contributed by atoms with Gasteiger partial charge in [-0.1, -0.05) is 59.1 Å². The molecule has 1 heterocycles. The second kappa shape index (κ2) is 12.0. The van der Waals surface area contributed by atoms with E-state index in [0.717, 1.165) is 31.3 Å². The van der Waals surface area contributed by atoms with Gasteiger partial charge in [-0.05, 0) is 75.0 Å². The Bertz CT molecular complexity index is 694. The minimum Gasteiger partial charge on any atom is -0.306 e. The van der Waals surface area contributed by atoms with Crippen LogP contribution in [0, 0.1) is 11.8 Å². The van der Waals surface area contributed by atoms with Crippen molar-refractivity contribution in [3.05, 3.63) is 48.6 Å². The van der Waals surface area contributed by atoms with E-state index in [2.05, 4.69) is 27.0 Å². The summed E-state index contributed by atoms with van der Waals surface area (Å²) in [6.07, 6.45) is 11.3. The summed E-state index contributed by atoms with van der Waals surface area (Å²) in [6, 6.07) is -0.185. The number of allylic oxidation sites excluding steroid dienone is 3. The van der Waals surface area contributed by atoms with Crippen LogP contribution in [0.3, 0.4) is 0 Å². The molecular formula is C26H41FN2O. The molecule has 1 spiro atoms. The Morgan fingerprint density at radius 2 is 1.90 bits per heavy atom. The Morgan fingerprint density at radius 3 is 2.37 bits per heavy atom. The van der Waals surface area contributed by atoms with Gasteiger partial charge in [0, 0.05) is 0 Å². The first-order valence-corrected chi connectivity index (χ1v) is 11.4. The summed E-state index contributed by atoms with van der Waals surface area (Å²) in [6.45, 7) is 19.7. The molecule has 0 bridgehead atoms. The molecule has 0 radical (unpaired) electrons. The van der Waals surface area contributed by atoms with Crippen LogP contribution in [-0.2, 0) is 4.79 Å². The van der Waals surface area contributed by atoms with E-state index in [0.29, 0.717) is 29.5 Å². The molecule has 2 rings (SSSR count). The highest BCUT2D eigenvalue weighted by molar-refractivity contribution is 6.46. The van der Waals surface area contributed by atoms with Crippen LogP contribution in [0.2, 0.25) is 0 Å². The number of hydrogen-bond acceptors (Lipinski definition) is 2. The highest BCUT2D eigenvalue weighted by atomic mass is 19.1. The van der Waals surface area contributed by atoms with Gasteiger partial charge in [0.15, 0.2) is 0 Å². The molecule has 4 heteroatoms. The van der Waals surface area contributed by atoms with Crippen LogP contribution in [0.5, 0.6) is 0 Å². The maximum Gasteiger partial charge on any atom is 0.274 e. The molecule has 30 heavy (non-hydrogen) atoms. The number of amides is 1. The highest BCUT2D eigenvalue weighted by Crippen LogP contribution is 2.45. The van der Waals surface area contributed by atoms with E-state index in [1.165, 1.54) is 6.08 Å². The lowest BCUT2D eigenvalue weighted by atomic mass is 9.76. The van der Waals surface area contributed by atoms with Crippen LogP contribution in [0.15, 0.2) is 53.6 Å². The van der Waals surface area contributed by atoms with Crippen molar-refractivity contribution < 1.29 is 9.18 Å². The summed E-state index contributed by atoms with van der Waals surface area (Å²) < 4.78 is 13.2. The Hall–Kier alpha value is -1.97. The van der Waals surface area contributed by atoms with E-state index in [4.69, 9.17) is 4.99 Å². The molecule has 2 aliphatic rings. The molecule has 1 aliphatic carbocycles. The Morgan fingerprint density at radius 1 is 1.30 bits per heavy atom. The minimum atomic E-state index is -0.601. The largest absolute Gasteiger partial charge is 0.306 e. The fraction of sp³-hybridized carbons (Fsp3) is 0.615. The van der Waals surface area contributed by atoms with Gasteiger partial charge in [0.2, 0.25) is 0 Å². The lowest BCUT2D eigenvalue weighted by Gasteiger charge is -2.45. The van der Waals surface area contributed by atoms with E-state index in [-0.39, 0.29) is 11.9 Å². The Balaban J connectivity index is 0.00000218. The normalized spacial score (nSPS) is 25.4. The highest BCUT2D eigenvalue weighted by Gasteiger charge is 2.51. The third-order valence-electron chi connectivity index (χ3n) is 6.35. The Labute approximate surface area is 183 Å². The second-order valence-electron chi connectivity index (χ2n) is 8.31. The fourth-order valence-corrected chi connectivity index (χ4v) is 4.43. The molecule has 1 fully saturated rings. The van der Waals surface area contributed by atoms with Crippen molar-refractivity contribution in [3.63, 3.8) is 0 Å². The standard InChI is InChI=1S/C24H35FN2O.C2H6/c1-7-9-10-21(13-16-25)22-23(28)27(19(6)18(5)8-2)24(26-22)14-11-20(12-15-24)17(3)4;1-2/h7-9,13,17,19-20H,2,5,10-12,14-16H2,1,3-4,6H3;1-2H3/b9-7-,21-13+;/t19-,20?,24?;/m1./s1. The zero-order chi connectivity index (χ0) is 22.9. The maximum atomic E-state index is 13.5. The molecule has 0 N–H and O–H groups in total. The van der Waals surface area contributed by atoms with Gasteiger partial charge >= 0.3 is 0 Å². The van der Waals surface area contributed by atoms with E-state index in [1.807, 2.05) is 44.7 Å². The van der Waals surface area contributed by atoms with Crippen LogP contribution in [0.1, 0.15) is 73.6 Å². The number of hydrogen-bond donors (Lipinski definition) is 0. The number of aliphatic imine (C=N–C) groups is 1. The van der Waals surface area contributed by atoms with E-state index in [9.17, 15) is 9.18 Å². The van der Waals surface area contributed by atoms with Crippen LogP contribution >= 0.6 is 0 Å². The minimum absolute atomic E-state index is 0.109. The summed E-state index contributed by atoms with van der Waals surface area (Å²) in [5, 5.41) is 0. The van der Waals surface area contributed by atoms with Gasteiger partial charge in [-0.15, -0.1) is 0 Å². The van der Waals surface area contributed by atoms with Crippen molar-refractivity contribution in [3.8, 4) is 0 Å². The molecule has 0 aromatic rings. The average Bonchev–Trinajstić information content (AvgIpc) is 3.03. The zero-order valence-electron chi connectivity index (χ0n) is 19.9. The Kier molecular flexibility index (Phi) is 10.4. The summed E-state index contributed by atoms with van der Waals surface area (Å²) in [4.78, 5) is 20.4. The lowest BCUT2D eigenvalue weighted by molar-refractivity contribution is -0.131. The number of halogens is 1. The van der Waals surface area contributed by atoms with Crippen LogP contribution in [0.4, 0.5) is 4.39 Å². The first-order valence-electron chi connectivity index (χ1n) is 11.4. The first-order chi connectivity index (χ1) is 14.3. The third-order valence-corrected chi connectivity index (χ3v) is 6.35. The fourth-order valence-electron chi connectivity index (χ4n) is 4.43. The third kappa shape index (κ3) is 5.59. The number of alkyl halides is 1. The summed E-state index contributed by atoms with van der Waals surface area (Å²) in [5.41, 5.74) is 1.35. The monoisotopic (exact) mass is 416 g/mol. The number of nitrogens with zero attached hydrogens (tertiary/aromatic N) is 2. The van der Waals surface area contributed by atoms with Crippen molar-refractivity contribution in [1.29, 1.82) is 0 Å². The maximum absolute atomic E-state index is 13.5. The molecule has 1 aliphatic heterocycles. The van der Waals surface area contributed by atoms with Crippen LogP contribution in [0.25, 0.3) is 0 Å². The molecule has 3 nitrogen and oxygen atoms in total. The van der Waals surface area contributed by atoms with E-state index >= 15 is 0 Å². The SMILES string of the molecule is C=CC(=C)[C@@H](C)N1C(=O)C(/C(=C/CF)C/C=C\C)=NC12CCC(C(C)C)CC2.CC. The van der Waals surface area contributed by atoms with Gasteiger partial charge in [-0.3, -0.25) is 9.79 Å². The lowest BCUT2D eigenvalue weighted by Crippen LogP contribution is -2.53. The van der Waals surface area contributed by atoms with Gasteiger partial charge in [-0.25, -0.2) is 4.39 Å². The number of carbonyl (C=O) groups excluding carboxylic acids is 1. The summed E-state index contributed by atoms with van der Waals surface area (Å²) >= 11 is 0. The molecular weight excluding hydrogens is 375 g/mol. The van der Waals surface area contributed by atoms with Crippen molar-refractivity contribution in [1.82, 2.24) is 4.90 Å². The quantitative estimate of drug-likeness (QED) is 0.315. The van der Waals surface area contributed by atoms with Crippen molar-refractivity contribution in [2.24, 2.45) is 16.8 Å². The first kappa shape index (κ1) is 26.1.